The van der Waals surface area contributed by atoms with E-state index in [-0.39, 0.29) is 5.91 Å². The summed E-state index contributed by atoms with van der Waals surface area (Å²) in [6, 6.07) is 8.86. The average molecular weight is 230 g/mol. The first kappa shape index (κ1) is 11.3. The number of benzene rings is 1. The van der Waals surface area contributed by atoms with Crippen LogP contribution >= 0.6 is 0 Å². The van der Waals surface area contributed by atoms with Crippen LogP contribution in [0, 0.1) is 6.92 Å². The van der Waals surface area contributed by atoms with Crippen LogP contribution in [-0.2, 0) is 0 Å². The first-order valence-electron chi connectivity index (χ1n) is 5.27. The SMILES string of the molecule is Cc1occc1C(=O)N(C)c1cccc(N)c1. The molecule has 1 amide bonds. The molecule has 0 unspecified atom stereocenters. The Bertz CT molecular complexity index is 546. The molecule has 0 bridgehead atoms. The number of amides is 1. The standard InChI is InChI=1S/C13H14N2O2/c1-9-12(6-7-17-9)13(16)15(2)11-5-3-4-10(14)8-11/h3-8H,14H2,1-2H3. The van der Waals surface area contributed by atoms with Crippen molar-refractivity contribution >= 4 is 17.3 Å². The fraction of sp³-hybridized carbons (Fsp3) is 0.154. The molecule has 0 spiro atoms. The molecule has 2 N–H and O–H groups in total. The number of hydrogen-bond acceptors (Lipinski definition) is 3. The maximum Gasteiger partial charge on any atom is 0.261 e. The number of nitrogens with two attached hydrogens (primary N) is 1. The highest BCUT2D eigenvalue weighted by Crippen LogP contribution is 2.19. The lowest BCUT2D eigenvalue weighted by atomic mass is 10.2. The minimum absolute atomic E-state index is 0.109. The summed E-state index contributed by atoms with van der Waals surface area (Å²) >= 11 is 0. The zero-order valence-corrected chi connectivity index (χ0v) is 9.81. The predicted octanol–water partition coefficient (Wildman–Crippen LogP) is 2.45. The maximum atomic E-state index is 12.2. The predicted molar refractivity (Wildman–Crippen MR) is 67.0 cm³/mol. The van der Waals surface area contributed by atoms with Gasteiger partial charge in [0.2, 0.25) is 0 Å². The van der Waals surface area contributed by atoms with Gasteiger partial charge in [-0.2, -0.15) is 0 Å². The lowest BCUT2D eigenvalue weighted by Crippen LogP contribution is -2.26. The molecule has 2 aromatic rings. The monoisotopic (exact) mass is 230 g/mol. The molecule has 0 aliphatic carbocycles. The lowest BCUT2D eigenvalue weighted by molar-refractivity contribution is 0.0991. The summed E-state index contributed by atoms with van der Waals surface area (Å²) < 4.78 is 5.12. The van der Waals surface area contributed by atoms with Gasteiger partial charge in [-0.1, -0.05) is 6.07 Å². The van der Waals surface area contributed by atoms with E-state index in [9.17, 15) is 4.79 Å². The summed E-state index contributed by atoms with van der Waals surface area (Å²) in [7, 11) is 1.71. The van der Waals surface area contributed by atoms with Crippen molar-refractivity contribution in [3.63, 3.8) is 0 Å². The van der Waals surface area contributed by atoms with E-state index in [1.807, 2.05) is 12.1 Å². The van der Waals surface area contributed by atoms with Gasteiger partial charge >= 0.3 is 0 Å². The van der Waals surface area contributed by atoms with E-state index in [1.165, 1.54) is 6.26 Å². The molecule has 1 aromatic heterocycles. The molecule has 2 rings (SSSR count). The Hall–Kier alpha value is -2.23. The molecule has 88 valence electrons. The molecule has 4 nitrogen and oxygen atoms in total. The molecular weight excluding hydrogens is 216 g/mol. The normalized spacial score (nSPS) is 10.2. The minimum Gasteiger partial charge on any atom is -0.469 e. The Morgan fingerprint density at radius 1 is 1.35 bits per heavy atom. The Balaban J connectivity index is 2.30. The third-order valence-electron chi connectivity index (χ3n) is 2.65. The molecule has 1 aromatic carbocycles. The van der Waals surface area contributed by atoms with Crippen molar-refractivity contribution in [2.75, 3.05) is 17.7 Å². The van der Waals surface area contributed by atoms with Crippen LogP contribution < -0.4 is 10.6 Å². The van der Waals surface area contributed by atoms with E-state index < -0.39 is 0 Å². The van der Waals surface area contributed by atoms with Crippen molar-refractivity contribution in [3.05, 3.63) is 47.9 Å². The molecule has 0 atom stereocenters. The van der Waals surface area contributed by atoms with Gasteiger partial charge in [0.05, 0.1) is 11.8 Å². The smallest absolute Gasteiger partial charge is 0.261 e. The van der Waals surface area contributed by atoms with Crippen LogP contribution in [0.15, 0.2) is 41.0 Å². The minimum atomic E-state index is -0.109. The summed E-state index contributed by atoms with van der Waals surface area (Å²) in [5, 5.41) is 0. The second-order valence-electron chi connectivity index (χ2n) is 3.85. The number of aryl methyl sites for hydroxylation is 1. The average Bonchev–Trinajstić information content (AvgIpc) is 2.73. The molecule has 1 heterocycles. The molecule has 4 heteroatoms. The first-order chi connectivity index (χ1) is 8.09. The number of carbonyl (C=O) groups is 1. The van der Waals surface area contributed by atoms with Crippen molar-refractivity contribution < 1.29 is 9.21 Å². The van der Waals surface area contributed by atoms with Crippen LogP contribution in [0.3, 0.4) is 0 Å². The Morgan fingerprint density at radius 2 is 2.12 bits per heavy atom. The van der Waals surface area contributed by atoms with Gasteiger partial charge in [0.25, 0.3) is 5.91 Å². The zero-order chi connectivity index (χ0) is 12.4. The number of nitrogens with zero attached hydrogens (tertiary/aromatic N) is 1. The van der Waals surface area contributed by atoms with Crippen LogP contribution in [0.4, 0.5) is 11.4 Å². The van der Waals surface area contributed by atoms with E-state index in [0.29, 0.717) is 17.0 Å². The van der Waals surface area contributed by atoms with Crippen LogP contribution in [0.2, 0.25) is 0 Å². The van der Waals surface area contributed by atoms with Gasteiger partial charge in [0.1, 0.15) is 5.76 Å². The fourth-order valence-corrected chi connectivity index (χ4v) is 1.64. The highest BCUT2D eigenvalue weighted by Gasteiger charge is 2.17. The van der Waals surface area contributed by atoms with E-state index in [0.717, 1.165) is 5.69 Å². The second-order valence-corrected chi connectivity index (χ2v) is 3.85. The summed E-state index contributed by atoms with van der Waals surface area (Å²) in [5.41, 5.74) is 7.64. The lowest BCUT2D eigenvalue weighted by Gasteiger charge is -2.17. The Kier molecular flexibility index (Phi) is 2.87. The molecular formula is C13H14N2O2. The van der Waals surface area contributed by atoms with Gasteiger partial charge in [-0.3, -0.25) is 4.79 Å². The number of rotatable bonds is 2. The second kappa shape index (κ2) is 4.33. The van der Waals surface area contributed by atoms with Crippen molar-refractivity contribution in [3.8, 4) is 0 Å². The number of furan rings is 1. The summed E-state index contributed by atoms with van der Waals surface area (Å²) in [4.78, 5) is 13.7. The maximum absolute atomic E-state index is 12.2. The number of anilines is 2. The molecule has 0 saturated heterocycles. The fourth-order valence-electron chi connectivity index (χ4n) is 1.64. The number of nitrogen functional groups attached to an aromatic ring is 1. The third kappa shape index (κ3) is 2.15. The molecule has 0 aliphatic rings. The quantitative estimate of drug-likeness (QED) is 0.806. The van der Waals surface area contributed by atoms with Crippen LogP contribution in [0.25, 0.3) is 0 Å². The largest absolute Gasteiger partial charge is 0.469 e. The van der Waals surface area contributed by atoms with E-state index >= 15 is 0 Å². The van der Waals surface area contributed by atoms with Gasteiger partial charge in [0.15, 0.2) is 0 Å². The van der Waals surface area contributed by atoms with Gasteiger partial charge in [-0.25, -0.2) is 0 Å². The third-order valence-corrected chi connectivity index (χ3v) is 2.65. The van der Waals surface area contributed by atoms with E-state index in [2.05, 4.69) is 0 Å². The Morgan fingerprint density at radius 3 is 2.71 bits per heavy atom. The van der Waals surface area contributed by atoms with Crippen molar-refractivity contribution in [2.24, 2.45) is 0 Å². The van der Waals surface area contributed by atoms with Gasteiger partial charge in [-0.05, 0) is 31.2 Å². The van der Waals surface area contributed by atoms with Gasteiger partial charge in [0, 0.05) is 18.4 Å². The zero-order valence-electron chi connectivity index (χ0n) is 9.81. The topological polar surface area (TPSA) is 59.5 Å². The molecule has 17 heavy (non-hydrogen) atoms. The summed E-state index contributed by atoms with van der Waals surface area (Å²) in [5.74, 6) is 0.507. The van der Waals surface area contributed by atoms with E-state index in [1.54, 1.807) is 37.1 Å². The Labute approximate surface area is 99.6 Å². The molecule has 0 aliphatic heterocycles. The highest BCUT2D eigenvalue weighted by atomic mass is 16.3. The molecule has 0 fully saturated rings. The van der Waals surface area contributed by atoms with E-state index in [4.69, 9.17) is 10.2 Å². The van der Waals surface area contributed by atoms with Crippen molar-refractivity contribution in [1.82, 2.24) is 0 Å². The molecule has 0 saturated carbocycles. The van der Waals surface area contributed by atoms with Crippen LogP contribution in [0.1, 0.15) is 16.1 Å². The van der Waals surface area contributed by atoms with Crippen molar-refractivity contribution in [2.45, 2.75) is 6.92 Å². The van der Waals surface area contributed by atoms with Gasteiger partial charge < -0.3 is 15.1 Å². The number of carbonyl (C=O) groups excluding carboxylic acids is 1. The number of hydrogen-bond donors (Lipinski definition) is 1. The first-order valence-corrected chi connectivity index (χ1v) is 5.27. The van der Waals surface area contributed by atoms with Crippen LogP contribution in [0.5, 0.6) is 0 Å². The highest BCUT2D eigenvalue weighted by molar-refractivity contribution is 6.06. The van der Waals surface area contributed by atoms with Crippen LogP contribution in [-0.4, -0.2) is 13.0 Å². The summed E-state index contributed by atoms with van der Waals surface area (Å²) in [6.07, 6.45) is 1.51. The van der Waals surface area contributed by atoms with Crippen molar-refractivity contribution in [1.29, 1.82) is 0 Å². The summed E-state index contributed by atoms with van der Waals surface area (Å²) in [6.45, 7) is 1.76. The molecule has 0 radical (unpaired) electrons. The van der Waals surface area contributed by atoms with Gasteiger partial charge in [-0.15, -0.1) is 0 Å².